The van der Waals surface area contributed by atoms with Crippen LogP contribution < -0.4 is 5.32 Å². The van der Waals surface area contributed by atoms with Crippen molar-refractivity contribution in [1.29, 1.82) is 0 Å². The summed E-state index contributed by atoms with van der Waals surface area (Å²) in [6.45, 7) is 5.94. The Bertz CT molecular complexity index is 636. The van der Waals surface area contributed by atoms with Crippen LogP contribution >= 0.6 is 11.3 Å². The van der Waals surface area contributed by atoms with Gasteiger partial charge in [0.15, 0.2) is 0 Å². The maximum atomic E-state index is 12.7. The van der Waals surface area contributed by atoms with Crippen LogP contribution in [0.2, 0.25) is 0 Å². The molecule has 2 aromatic rings. The van der Waals surface area contributed by atoms with Crippen molar-refractivity contribution < 1.29 is 4.79 Å². The first-order valence-electron chi connectivity index (χ1n) is 8.04. The summed E-state index contributed by atoms with van der Waals surface area (Å²) in [5, 5.41) is 4.60. The largest absolute Gasteiger partial charge is 0.335 e. The Labute approximate surface area is 134 Å². The van der Waals surface area contributed by atoms with Crippen LogP contribution in [0.25, 0.3) is 10.1 Å². The number of thiophene rings is 1. The lowest BCUT2D eigenvalue weighted by atomic mass is 10.2. The van der Waals surface area contributed by atoms with Crippen LogP contribution in [0.15, 0.2) is 30.3 Å². The molecule has 5 heteroatoms. The lowest BCUT2D eigenvalue weighted by Gasteiger charge is -2.37. The van der Waals surface area contributed by atoms with Gasteiger partial charge < -0.3 is 10.2 Å². The summed E-state index contributed by atoms with van der Waals surface area (Å²) in [5.41, 5.74) is 0. The van der Waals surface area contributed by atoms with Gasteiger partial charge in [-0.05, 0) is 30.5 Å². The zero-order chi connectivity index (χ0) is 14.9. The number of carbonyl (C=O) groups is 1. The van der Waals surface area contributed by atoms with Crippen LogP contribution in [0.3, 0.4) is 0 Å². The van der Waals surface area contributed by atoms with Crippen LogP contribution in [-0.4, -0.2) is 61.0 Å². The lowest BCUT2D eigenvalue weighted by Crippen LogP contribution is -2.52. The van der Waals surface area contributed by atoms with Crippen molar-refractivity contribution >= 4 is 27.3 Å². The Morgan fingerprint density at radius 3 is 2.73 bits per heavy atom. The van der Waals surface area contributed by atoms with Crippen molar-refractivity contribution in [2.45, 2.75) is 12.5 Å². The third-order valence-electron chi connectivity index (χ3n) is 4.79. The van der Waals surface area contributed by atoms with Crippen LogP contribution in [0.1, 0.15) is 16.1 Å². The molecule has 4 rings (SSSR count). The van der Waals surface area contributed by atoms with Gasteiger partial charge in [-0.2, -0.15) is 0 Å². The smallest absolute Gasteiger partial charge is 0.264 e. The van der Waals surface area contributed by atoms with Crippen molar-refractivity contribution in [3.63, 3.8) is 0 Å². The number of hydrogen-bond donors (Lipinski definition) is 1. The molecule has 1 unspecified atom stereocenters. The molecular formula is C17H21N3OS. The van der Waals surface area contributed by atoms with Gasteiger partial charge in [0.1, 0.15) is 0 Å². The molecule has 1 N–H and O–H groups in total. The van der Waals surface area contributed by atoms with Gasteiger partial charge in [0.25, 0.3) is 5.91 Å². The van der Waals surface area contributed by atoms with Gasteiger partial charge >= 0.3 is 0 Å². The highest BCUT2D eigenvalue weighted by Crippen LogP contribution is 2.26. The minimum absolute atomic E-state index is 0.199. The van der Waals surface area contributed by atoms with E-state index in [0.717, 1.165) is 44.1 Å². The van der Waals surface area contributed by atoms with Gasteiger partial charge in [-0.3, -0.25) is 9.69 Å². The molecule has 3 heterocycles. The van der Waals surface area contributed by atoms with E-state index in [-0.39, 0.29) is 5.91 Å². The van der Waals surface area contributed by atoms with E-state index in [2.05, 4.69) is 22.3 Å². The fourth-order valence-electron chi connectivity index (χ4n) is 3.48. The van der Waals surface area contributed by atoms with E-state index in [9.17, 15) is 4.79 Å². The number of nitrogens with one attached hydrogen (secondary N) is 1. The van der Waals surface area contributed by atoms with Gasteiger partial charge in [-0.1, -0.05) is 18.2 Å². The fourth-order valence-corrected chi connectivity index (χ4v) is 4.52. The molecule has 1 aromatic heterocycles. The summed E-state index contributed by atoms with van der Waals surface area (Å²) in [5.74, 6) is 0.199. The quantitative estimate of drug-likeness (QED) is 0.921. The van der Waals surface area contributed by atoms with E-state index < -0.39 is 0 Å². The number of benzene rings is 1. The van der Waals surface area contributed by atoms with E-state index >= 15 is 0 Å². The molecule has 2 aliphatic rings. The first kappa shape index (κ1) is 14.2. The molecule has 0 aliphatic carbocycles. The minimum atomic E-state index is 0.199. The molecule has 22 heavy (non-hydrogen) atoms. The number of nitrogens with zero attached hydrogens (tertiary/aromatic N) is 2. The normalized spacial score (nSPS) is 23.3. The highest BCUT2D eigenvalue weighted by molar-refractivity contribution is 7.20. The molecule has 2 aliphatic heterocycles. The van der Waals surface area contributed by atoms with Crippen molar-refractivity contribution in [2.24, 2.45) is 0 Å². The molecule has 1 aromatic carbocycles. The Kier molecular flexibility index (Phi) is 3.86. The third-order valence-corrected chi connectivity index (χ3v) is 5.89. The SMILES string of the molecule is O=C(c1cc2ccccc2s1)N1CCN(C2CCNC2)CC1. The molecule has 116 valence electrons. The number of fused-ring (bicyclic) bond motifs is 1. The summed E-state index contributed by atoms with van der Waals surface area (Å²) in [6, 6.07) is 10.9. The number of hydrogen-bond acceptors (Lipinski definition) is 4. The van der Waals surface area contributed by atoms with Gasteiger partial charge in [-0.25, -0.2) is 0 Å². The maximum Gasteiger partial charge on any atom is 0.264 e. The standard InChI is InChI=1S/C17H21N3OS/c21-17(16-11-13-3-1-2-4-15(13)22-16)20-9-7-19(8-10-20)14-5-6-18-12-14/h1-4,11,14,18H,5-10,12H2. The predicted molar refractivity (Wildman–Crippen MR) is 90.6 cm³/mol. The van der Waals surface area contributed by atoms with Crippen molar-refractivity contribution in [3.8, 4) is 0 Å². The predicted octanol–water partition coefficient (Wildman–Crippen LogP) is 2.02. The van der Waals surface area contributed by atoms with Crippen LogP contribution in [0.5, 0.6) is 0 Å². The summed E-state index contributed by atoms with van der Waals surface area (Å²) in [4.78, 5) is 18.1. The second-order valence-corrected chi connectivity index (χ2v) is 7.21. The first-order valence-corrected chi connectivity index (χ1v) is 8.85. The molecule has 0 spiro atoms. The van der Waals surface area contributed by atoms with Gasteiger partial charge in [0, 0.05) is 43.5 Å². The zero-order valence-electron chi connectivity index (χ0n) is 12.6. The average molecular weight is 315 g/mol. The Morgan fingerprint density at radius 2 is 2.00 bits per heavy atom. The molecule has 1 amide bonds. The van der Waals surface area contributed by atoms with Crippen LogP contribution in [0, 0.1) is 0 Å². The van der Waals surface area contributed by atoms with E-state index in [1.165, 1.54) is 16.5 Å². The third kappa shape index (κ3) is 2.64. The second kappa shape index (κ2) is 5.99. The van der Waals surface area contributed by atoms with Gasteiger partial charge in [0.05, 0.1) is 4.88 Å². The molecule has 0 saturated carbocycles. The van der Waals surface area contributed by atoms with Gasteiger partial charge in [0.2, 0.25) is 0 Å². The van der Waals surface area contributed by atoms with E-state index in [1.54, 1.807) is 11.3 Å². The summed E-state index contributed by atoms with van der Waals surface area (Å²) in [7, 11) is 0. The molecule has 4 nitrogen and oxygen atoms in total. The number of rotatable bonds is 2. The monoisotopic (exact) mass is 315 g/mol. The van der Waals surface area contributed by atoms with E-state index in [4.69, 9.17) is 0 Å². The second-order valence-electron chi connectivity index (χ2n) is 6.12. The maximum absolute atomic E-state index is 12.7. The number of piperazine rings is 1. The number of carbonyl (C=O) groups excluding carboxylic acids is 1. The highest BCUT2D eigenvalue weighted by atomic mass is 32.1. The molecule has 2 fully saturated rings. The fraction of sp³-hybridized carbons (Fsp3) is 0.471. The topological polar surface area (TPSA) is 35.6 Å². The summed E-state index contributed by atoms with van der Waals surface area (Å²) < 4.78 is 1.20. The summed E-state index contributed by atoms with van der Waals surface area (Å²) in [6.07, 6.45) is 1.24. The average Bonchev–Trinajstić information content (AvgIpc) is 3.23. The molecule has 0 radical (unpaired) electrons. The zero-order valence-corrected chi connectivity index (χ0v) is 13.4. The minimum Gasteiger partial charge on any atom is -0.335 e. The van der Waals surface area contributed by atoms with E-state index in [0.29, 0.717) is 6.04 Å². The van der Waals surface area contributed by atoms with Crippen LogP contribution in [0.4, 0.5) is 0 Å². The molecule has 1 atom stereocenters. The summed E-state index contributed by atoms with van der Waals surface area (Å²) >= 11 is 1.61. The molecular weight excluding hydrogens is 294 g/mol. The van der Waals surface area contributed by atoms with Crippen LogP contribution in [-0.2, 0) is 0 Å². The Morgan fingerprint density at radius 1 is 1.18 bits per heavy atom. The Balaban J connectivity index is 1.43. The lowest BCUT2D eigenvalue weighted by molar-refractivity contribution is 0.0588. The van der Waals surface area contributed by atoms with E-state index in [1.807, 2.05) is 23.1 Å². The molecule has 2 saturated heterocycles. The first-order chi connectivity index (χ1) is 10.8. The van der Waals surface area contributed by atoms with Crippen molar-refractivity contribution in [1.82, 2.24) is 15.1 Å². The molecule has 0 bridgehead atoms. The highest BCUT2D eigenvalue weighted by Gasteiger charge is 2.28. The number of amides is 1. The van der Waals surface area contributed by atoms with Gasteiger partial charge in [-0.15, -0.1) is 11.3 Å². The van der Waals surface area contributed by atoms with Crippen molar-refractivity contribution in [3.05, 3.63) is 35.2 Å². The Hall–Kier alpha value is -1.43. The van der Waals surface area contributed by atoms with Crippen molar-refractivity contribution in [2.75, 3.05) is 39.3 Å².